The molecule has 1 amide bonds. The topological polar surface area (TPSA) is 75.6 Å². The van der Waals surface area contributed by atoms with Crippen LogP contribution in [0.5, 0.6) is 5.75 Å². The number of benzene rings is 1. The minimum atomic E-state index is -1.22. The fourth-order valence-electron chi connectivity index (χ4n) is 1.30. The van der Waals surface area contributed by atoms with E-state index in [-0.39, 0.29) is 23.5 Å². The molecule has 1 aromatic carbocycles. The highest BCUT2D eigenvalue weighted by molar-refractivity contribution is 7.99. The van der Waals surface area contributed by atoms with E-state index >= 15 is 0 Å². The summed E-state index contributed by atoms with van der Waals surface area (Å²) in [6, 6.07) is 5.00. The van der Waals surface area contributed by atoms with Crippen LogP contribution in [0.25, 0.3) is 0 Å². The largest absolute Gasteiger partial charge is 0.478 e. The number of halogens is 1. The van der Waals surface area contributed by atoms with Crippen LogP contribution in [0.2, 0.25) is 0 Å². The molecule has 2 unspecified atom stereocenters. The first-order valence-electron chi connectivity index (χ1n) is 5.89. The second-order valence-corrected chi connectivity index (χ2v) is 5.20. The highest BCUT2D eigenvalue weighted by Crippen LogP contribution is 2.13. The predicted molar refractivity (Wildman–Crippen MR) is 74.4 cm³/mol. The molecule has 20 heavy (non-hydrogen) atoms. The summed E-state index contributed by atoms with van der Waals surface area (Å²) in [7, 11) is 0. The van der Waals surface area contributed by atoms with Crippen LogP contribution < -0.4 is 10.1 Å². The average molecular weight is 301 g/mol. The smallest absolute Gasteiger partial charge is 0.346 e. The summed E-state index contributed by atoms with van der Waals surface area (Å²) in [6.45, 7) is 1.56. The van der Waals surface area contributed by atoms with Crippen LogP contribution in [-0.2, 0) is 9.59 Å². The van der Waals surface area contributed by atoms with Crippen LogP contribution in [0.15, 0.2) is 24.3 Å². The van der Waals surface area contributed by atoms with Gasteiger partial charge in [0.25, 0.3) is 0 Å². The number of carbonyl (C=O) groups excluding carboxylic acids is 1. The zero-order valence-electron chi connectivity index (χ0n) is 11.1. The summed E-state index contributed by atoms with van der Waals surface area (Å²) < 4.78 is 17.9. The first kappa shape index (κ1) is 16.3. The Morgan fingerprint density at radius 3 is 2.50 bits per heavy atom. The Labute approximate surface area is 120 Å². The van der Waals surface area contributed by atoms with Gasteiger partial charge in [0.15, 0.2) is 0 Å². The van der Waals surface area contributed by atoms with Gasteiger partial charge in [-0.3, -0.25) is 4.79 Å². The van der Waals surface area contributed by atoms with Gasteiger partial charge in [0.2, 0.25) is 12.0 Å². The molecule has 0 saturated heterocycles. The van der Waals surface area contributed by atoms with Crippen LogP contribution >= 0.6 is 11.8 Å². The van der Waals surface area contributed by atoms with Crippen molar-refractivity contribution in [3.63, 3.8) is 0 Å². The molecular formula is C13H16FNO4S. The van der Waals surface area contributed by atoms with Crippen LogP contribution in [0.1, 0.15) is 6.92 Å². The second-order valence-electron chi connectivity index (χ2n) is 4.02. The number of carboxylic acids is 1. The lowest BCUT2D eigenvalue weighted by atomic mass is 10.3. The molecule has 2 N–H and O–H groups in total. The maximum absolute atomic E-state index is 12.7. The zero-order valence-corrected chi connectivity index (χ0v) is 11.9. The van der Waals surface area contributed by atoms with Crippen LogP contribution in [0.4, 0.5) is 4.39 Å². The Kier molecular flexibility index (Phi) is 6.30. The molecule has 0 spiro atoms. The molecule has 0 radical (unpaired) electrons. The summed E-state index contributed by atoms with van der Waals surface area (Å²) in [5.74, 6) is -1.67. The quantitative estimate of drug-likeness (QED) is 0.798. The van der Waals surface area contributed by atoms with Gasteiger partial charge >= 0.3 is 5.97 Å². The number of hydrogen-bond donors (Lipinski definition) is 2. The molecule has 0 aliphatic rings. The number of hydrogen-bond acceptors (Lipinski definition) is 4. The van der Waals surface area contributed by atoms with E-state index in [0.717, 1.165) is 0 Å². The molecule has 0 aliphatic heterocycles. The van der Waals surface area contributed by atoms with E-state index < -0.39 is 17.9 Å². The first-order chi connectivity index (χ1) is 9.43. The van der Waals surface area contributed by atoms with Crippen molar-refractivity contribution in [3.05, 3.63) is 30.1 Å². The van der Waals surface area contributed by atoms with Crippen LogP contribution in [-0.4, -0.2) is 41.1 Å². The Morgan fingerprint density at radius 2 is 2.00 bits per heavy atom. The van der Waals surface area contributed by atoms with E-state index in [9.17, 15) is 14.0 Å². The highest BCUT2D eigenvalue weighted by atomic mass is 32.2. The first-order valence-corrected chi connectivity index (χ1v) is 7.18. The number of amides is 1. The minimum Gasteiger partial charge on any atom is -0.478 e. The summed E-state index contributed by atoms with van der Waals surface area (Å²) >= 11 is 1.36. The Morgan fingerprint density at radius 1 is 1.40 bits per heavy atom. The maximum Gasteiger partial charge on any atom is 0.346 e. The molecule has 2 atom stereocenters. The third kappa shape index (κ3) is 5.08. The second kappa shape index (κ2) is 7.74. The molecule has 1 aromatic rings. The lowest BCUT2D eigenvalue weighted by Gasteiger charge is -2.17. The SMILES string of the molecule is CSC(C)C(=O)NCC(Oc1ccc(F)cc1)C(=O)O. The van der Waals surface area contributed by atoms with Gasteiger partial charge in [-0.25, -0.2) is 9.18 Å². The normalized spacial score (nSPS) is 13.3. The van der Waals surface area contributed by atoms with Crippen molar-refractivity contribution in [1.29, 1.82) is 0 Å². The fraction of sp³-hybridized carbons (Fsp3) is 0.385. The standard InChI is InChI=1S/C13H16FNO4S/c1-8(20-2)12(16)15-7-11(13(17)18)19-10-5-3-9(14)4-6-10/h3-6,8,11H,7H2,1-2H3,(H,15,16)(H,17,18). The molecule has 0 aromatic heterocycles. The van der Waals surface area contributed by atoms with Gasteiger partial charge in [-0.1, -0.05) is 0 Å². The lowest BCUT2D eigenvalue weighted by molar-refractivity contribution is -0.145. The monoisotopic (exact) mass is 301 g/mol. The van der Waals surface area contributed by atoms with E-state index in [4.69, 9.17) is 9.84 Å². The zero-order chi connectivity index (χ0) is 15.1. The summed E-state index contributed by atoms with van der Waals surface area (Å²) in [6.07, 6.45) is 0.562. The van der Waals surface area contributed by atoms with Gasteiger partial charge in [-0.15, -0.1) is 0 Å². The minimum absolute atomic E-state index is 0.156. The number of nitrogens with one attached hydrogen (secondary N) is 1. The molecule has 0 aliphatic carbocycles. The molecular weight excluding hydrogens is 285 g/mol. The van der Waals surface area contributed by atoms with Crippen molar-refractivity contribution < 1.29 is 23.8 Å². The van der Waals surface area contributed by atoms with Crippen molar-refractivity contribution in [2.75, 3.05) is 12.8 Å². The number of rotatable bonds is 7. The third-order valence-corrected chi connectivity index (χ3v) is 3.47. The van der Waals surface area contributed by atoms with Crippen molar-refractivity contribution in [2.24, 2.45) is 0 Å². The Bertz CT molecular complexity index is 466. The number of thioether (sulfide) groups is 1. The maximum atomic E-state index is 12.7. The van der Waals surface area contributed by atoms with Crippen molar-refractivity contribution in [1.82, 2.24) is 5.32 Å². The average Bonchev–Trinajstić information content (AvgIpc) is 2.43. The van der Waals surface area contributed by atoms with Gasteiger partial charge in [-0.05, 0) is 37.4 Å². The van der Waals surface area contributed by atoms with E-state index in [2.05, 4.69) is 5.32 Å². The Hall–Kier alpha value is -1.76. The van der Waals surface area contributed by atoms with Crippen molar-refractivity contribution >= 4 is 23.6 Å². The number of aliphatic carboxylic acids is 1. The van der Waals surface area contributed by atoms with Crippen LogP contribution in [0, 0.1) is 5.82 Å². The van der Waals surface area contributed by atoms with Gasteiger partial charge in [0, 0.05) is 0 Å². The molecule has 0 bridgehead atoms. The highest BCUT2D eigenvalue weighted by Gasteiger charge is 2.21. The summed E-state index contributed by atoms with van der Waals surface area (Å²) in [5.41, 5.74) is 0. The number of carbonyl (C=O) groups is 2. The molecule has 5 nitrogen and oxygen atoms in total. The predicted octanol–water partition coefficient (Wildman–Crippen LogP) is 1.53. The summed E-state index contributed by atoms with van der Waals surface area (Å²) in [4.78, 5) is 22.6. The van der Waals surface area contributed by atoms with E-state index in [1.807, 2.05) is 0 Å². The van der Waals surface area contributed by atoms with Gasteiger partial charge in [0.05, 0.1) is 11.8 Å². The van der Waals surface area contributed by atoms with E-state index in [0.29, 0.717) is 0 Å². The van der Waals surface area contributed by atoms with Gasteiger partial charge in [0.1, 0.15) is 11.6 Å². The van der Waals surface area contributed by atoms with Gasteiger partial charge in [-0.2, -0.15) is 11.8 Å². The molecule has 110 valence electrons. The molecule has 1 rings (SSSR count). The molecule has 0 saturated carbocycles. The molecule has 0 fully saturated rings. The van der Waals surface area contributed by atoms with Crippen molar-refractivity contribution in [2.45, 2.75) is 18.3 Å². The lowest BCUT2D eigenvalue weighted by Crippen LogP contribution is -2.42. The Balaban J connectivity index is 2.59. The third-order valence-electron chi connectivity index (χ3n) is 2.55. The van der Waals surface area contributed by atoms with E-state index in [1.54, 1.807) is 13.2 Å². The number of ether oxygens (including phenoxy) is 1. The van der Waals surface area contributed by atoms with Crippen LogP contribution in [0.3, 0.4) is 0 Å². The molecule has 0 heterocycles. The summed E-state index contributed by atoms with van der Waals surface area (Å²) in [5, 5.41) is 11.3. The fourth-order valence-corrected chi connectivity index (χ4v) is 1.60. The van der Waals surface area contributed by atoms with Crippen molar-refractivity contribution in [3.8, 4) is 5.75 Å². The number of carboxylic acid groups (broad SMARTS) is 1. The molecule has 7 heteroatoms. The van der Waals surface area contributed by atoms with E-state index in [1.165, 1.54) is 36.0 Å². The van der Waals surface area contributed by atoms with Gasteiger partial charge < -0.3 is 15.2 Å².